The minimum atomic E-state index is -0.783. The number of phenolic OH excluding ortho intramolecular Hbond substituents is 1. The summed E-state index contributed by atoms with van der Waals surface area (Å²) in [7, 11) is 1.16. The molecule has 0 aliphatic carbocycles. The molecule has 0 fully saturated rings. The van der Waals surface area contributed by atoms with Gasteiger partial charge in [-0.25, -0.2) is 4.79 Å². The summed E-state index contributed by atoms with van der Waals surface area (Å²) in [5.41, 5.74) is 0.00329. The Hall–Kier alpha value is -2.11. The molecule has 0 saturated heterocycles. The summed E-state index contributed by atoms with van der Waals surface area (Å²) in [6.07, 6.45) is 2.14. The number of carbonyl (C=O) groups excluding carboxylic acids is 1. The number of rotatable bonds is 5. The molecular formula is C12H15NO5. The Morgan fingerprint density at radius 1 is 1.50 bits per heavy atom. The molecule has 0 heterocycles. The van der Waals surface area contributed by atoms with Crippen LogP contribution in [0.25, 0.3) is 0 Å². The number of nitro benzene ring substituents is 1. The fourth-order valence-corrected chi connectivity index (χ4v) is 1.61. The van der Waals surface area contributed by atoms with Crippen LogP contribution in [0.3, 0.4) is 0 Å². The van der Waals surface area contributed by atoms with Crippen molar-refractivity contribution in [2.45, 2.75) is 26.2 Å². The fraction of sp³-hybridized carbons (Fsp3) is 0.417. The van der Waals surface area contributed by atoms with Gasteiger partial charge in [-0.05, 0) is 12.8 Å². The van der Waals surface area contributed by atoms with Gasteiger partial charge in [-0.15, -0.1) is 0 Å². The number of benzene rings is 1. The lowest BCUT2D eigenvalue weighted by Gasteiger charge is -2.08. The van der Waals surface area contributed by atoms with Crippen molar-refractivity contribution in [2.75, 3.05) is 7.11 Å². The van der Waals surface area contributed by atoms with Crippen molar-refractivity contribution in [1.29, 1.82) is 0 Å². The summed E-state index contributed by atoms with van der Waals surface area (Å²) in [6, 6.07) is 2.31. The molecule has 0 aromatic heterocycles. The second-order valence-corrected chi connectivity index (χ2v) is 3.85. The number of nitrogens with zero attached hydrogens (tertiary/aromatic N) is 1. The number of carbonyl (C=O) groups is 1. The summed E-state index contributed by atoms with van der Waals surface area (Å²) in [5, 5.41) is 20.7. The first-order valence-corrected chi connectivity index (χ1v) is 5.59. The molecule has 0 aliphatic heterocycles. The first kappa shape index (κ1) is 14.0. The molecule has 98 valence electrons. The van der Waals surface area contributed by atoms with Crippen molar-refractivity contribution in [3.05, 3.63) is 33.4 Å². The van der Waals surface area contributed by atoms with E-state index in [-0.39, 0.29) is 17.0 Å². The molecule has 1 rings (SSSR count). The second kappa shape index (κ2) is 6.00. The molecule has 6 nitrogen and oxygen atoms in total. The monoisotopic (exact) mass is 253 g/mol. The van der Waals surface area contributed by atoms with Gasteiger partial charge < -0.3 is 9.84 Å². The smallest absolute Gasteiger partial charge is 0.341 e. The number of ether oxygens (including phenoxy) is 1. The number of aryl methyl sites for hydroxylation is 1. The normalized spacial score (nSPS) is 10.1. The Morgan fingerprint density at radius 2 is 2.17 bits per heavy atom. The standard InChI is InChI=1S/C12H15NO5/c1-3-4-5-8-6-9(13(16)17)7-10(11(8)14)12(15)18-2/h6-7,14H,3-5H2,1-2H3. The quantitative estimate of drug-likeness (QED) is 0.494. The Balaban J connectivity index is 3.28. The number of hydrogen-bond donors (Lipinski definition) is 1. The lowest BCUT2D eigenvalue weighted by atomic mass is 10.0. The van der Waals surface area contributed by atoms with Gasteiger partial charge >= 0.3 is 5.97 Å². The van der Waals surface area contributed by atoms with E-state index in [9.17, 15) is 20.0 Å². The van der Waals surface area contributed by atoms with Gasteiger partial charge in [0.1, 0.15) is 11.3 Å². The molecule has 0 radical (unpaired) electrons. The zero-order valence-electron chi connectivity index (χ0n) is 10.3. The predicted octanol–water partition coefficient (Wildman–Crippen LogP) is 2.43. The van der Waals surface area contributed by atoms with E-state index < -0.39 is 10.9 Å². The minimum absolute atomic E-state index is 0.169. The van der Waals surface area contributed by atoms with Crippen molar-refractivity contribution >= 4 is 11.7 Å². The van der Waals surface area contributed by atoms with Crippen molar-refractivity contribution in [3.63, 3.8) is 0 Å². The molecule has 0 aliphatic rings. The summed E-state index contributed by atoms with van der Waals surface area (Å²) >= 11 is 0. The number of methoxy groups -OCH3 is 1. The van der Waals surface area contributed by atoms with Gasteiger partial charge in [0, 0.05) is 17.7 Å². The summed E-state index contributed by atoms with van der Waals surface area (Å²) < 4.78 is 4.49. The second-order valence-electron chi connectivity index (χ2n) is 3.85. The van der Waals surface area contributed by atoms with Gasteiger partial charge in [0.05, 0.1) is 12.0 Å². The van der Waals surface area contributed by atoms with Gasteiger partial charge in [-0.2, -0.15) is 0 Å². The number of nitro groups is 1. The van der Waals surface area contributed by atoms with E-state index in [1.807, 2.05) is 6.92 Å². The van der Waals surface area contributed by atoms with Crippen LogP contribution in [0.15, 0.2) is 12.1 Å². The maximum atomic E-state index is 11.4. The van der Waals surface area contributed by atoms with Crippen molar-refractivity contribution in [2.24, 2.45) is 0 Å². The maximum absolute atomic E-state index is 11.4. The maximum Gasteiger partial charge on any atom is 0.341 e. The SMILES string of the molecule is CCCCc1cc([N+](=O)[O-])cc(C(=O)OC)c1O. The Kier molecular flexibility index (Phi) is 4.65. The number of aromatic hydroxyl groups is 1. The number of hydrogen-bond acceptors (Lipinski definition) is 5. The third kappa shape index (κ3) is 2.97. The highest BCUT2D eigenvalue weighted by Crippen LogP contribution is 2.30. The van der Waals surface area contributed by atoms with Crippen molar-refractivity contribution in [1.82, 2.24) is 0 Å². The molecule has 18 heavy (non-hydrogen) atoms. The predicted molar refractivity (Wildman–Crippen MR) is 64.7 cm³/mol. The van der Waals surface area contributed by atoms with Crippen LogP contribution in [-0.4, -0.2) is 23.1 Å². The van der Waals surface area contributed by atoms with Gasteiger partial charge in [-0.1, -0.05) is 13.3 Å². The van der Waals surface area contributed by atoms with E-state index in [0.29, 0.717) is 12.0 Å². The molecule has 1 aromatic rings. The lowest BCUT2D eigenvalue weighted by Crippen LogP contribution is -2.05. The largest absolute Gasteiger partial charge is 0.507 e. The van der Waals surface area contributed by atoms with E-state index in [2.05, 4.69) is 4.74 Å². The van der Waals surface area contributed by atoms with E-state index in [4.69, 9.17) is 0 Å². The number of esters is 1. The topological polar surface area (TPSA) is 89.7 Å². The highest BCUT2D eigenvalue weighted by atomic mass is 16.6. The van der Waals surface area contributed by atoms with Gasteiger partial charge in [0.2, 0.25) is 0 Å². The summed E-state index contributed by atoms with van der Waals surface area (Å²) in [5.74, 6) is -1.02. The van der Waals surface area contributed by atoms with Crippen LogP contribution in [-0.2, 0) is 11.2 Å². The van der Waals surface area contributed by atoms with E-state index >= 15 is 0 Å². The fourth-order valence-electron chi connectivity index (χ4n) is 1.61. The van der Waals surface area contributed by atoms with E-state index in [1.165, 1.54) is 6.07 Å². The molecular weight excluding hydrogens is 238 g/mol. The summed E-state index contributed by atoms with van der Waals surface area (Å²) in [4.78, 5) is 21.6. The molecule has 0 saturated carbocycles. The van der Waals surface area contributed by atoms with E-state index in [0.717, 1.165) is 26.0 Å². The Morgan fingerprint density at radius 3 is 2.67 bits per heavy atom. The minimum Gasteiger partial charge on any atom is -0.507 e. The molecule has 0 atom stereocenters. The molecule has 0 bridgehead atoms. The number of non-ortho nitro benzene ring substituents is 1. The molecule has 1 aromatic carbocycles. The average molecular weight is 253 g/mol. The highest BCUT2D eigenvalue weighted by molar-refractivity contribution is 5.93. The third-order valence-corrected chi connectivity index (χ3v) is 2.59. The van der Waals surface area contributed by atoms with Crippen LogP contribution in [0.2, 0.25) is 0 Å². The highest BCUT2D eigenvalue weighted by Gasteiger charge is 2.20. The Labute approximate surface area is 104 Å². The first-order chi connectivity index (χ1) is 8.51. The number of phenols is 1. The average Bonchev–Trinajstić information content (AvgIpc) is 2.36. The van der Waals surface area contributed by atoms with E-state index in [1.54, 1.807) is 0 Å². The zero-order chi connectivity index (χ0) is 13.7. The molecule has 6 heteroatoms. The van der Waals surface area contributed by atoms with Crippen LogP contribution < -0.4 is 0 Å². The van der Waals surface area contributed by atoms with Crippen LogP contribution in [0, 0.1) is 10.1 Å². The number of unbranched alkanes of at least 4 members (excludes halogenated alkanes) is 1. The molecule has 0 spiro atoms. The van der Waals surface area contributed by atoms with Gasteiger partial charge in [-0.3, -0.25) is 10.1 Å². The van der Waals surface area contributed by atoms with Crippen LogP contribution in [0.4, 0.5) is 5.69 Å². The molecule has 0 unspecified atom stereocenters. The molecule has 0 amide bonds. The Bertz CT molecular complexity index is 470. The third-order valence-electron chi connectivity index (χ3n) is 2.59. The van der Waals surface area contributed by atoms with Gasteiger partial charge in [0.25, 0.3) is 5.69 Å². The first-order valence-electron chi connectivity index (χ1n) is 5.59. The van der Waals surface area contributed by atoms with Crippen LogP contribution in [0.5, 0.6) is 5.75 Å². The van der Waals surface area contributed by atoms with Crippen LogP contribution in [0.1, 0.15) is 35.7 Å². The molecule has 1 N–H and O–H groups in total. The van der Waals surface area contributed by atoms with Crippen molar-refractivity contribution < 1.29 is 19.6 Å². The summed E-state index contributed by atoms with van der Waals surface area (Å²) in [6.45, 7) is 1.97. The van der Waals surface area contributed by atoms with Crippen molar-refractivity contribution in [3.8, 4) is 5.75 Å². The lowest BCUT2D eigenvalue weighted by molar-refractivity contribution is -0.385. The van der Waals surface area contributed by atoms with Crippen LogP contribution >= 0.6 is 0 Å². The zero-order valence-corrected chi connectivity index (χ0v) is 10.3. The van der Waals surface area contributed by atoms with Gasteiger partial charge in [0.15, 0.2) is 0 Å².